The Hall–Kier alpha value is -2.49. The standard InChI is InChI=1S/C20H18Cl2F3N5O4S2/c1-35(32)17-15(18(26)29-31)28-30(16-13(21)9-11(10-14(16)22)20(23,24)25)19(17)27-7-8-36(33,34)12-5-3-2-4-6-12/h2-6,9-10,27,31H,7-8H2,1H3,(H2,26,29). The maximum Gasteiger partial charge on any atom is 0.416 e. The van der Waals surface area contributed by atoms with Crippen LogP contribution in [0.25, 0.3) is 5.69 Å². The molecule has 9 nitrogen and oxygen atoms in total. The van der Waals surface area contributed by atoms with Gasteiger partial charge in [0.25, 0.3) is 0 Å². The van der Waals surface area contributed by atoms with Crippen LogP contribution in [-0.4, -0.2) is 52.3 Å². The highest BCUT2D eigenvalue weighted by Gasteiger charge is 2.34. The summed E-state index contributed by atoms with van der Waals surface area (Å²) in [6.07, 6.45) is -3.51. The largest absolute Gasteiger partial charge is 0.611 e. The van der Waals surface area contributed by atoms with Gasteiger partial charge in [0.05, 0.1) is 26.3 Å². The number of benzene rings is 2. The lowest BCUT2D eigenvalue weighted by Crippen LogP contribution is -2.22. The summed E-state index contributed by atoms with van der Waals surface area (Å²) in [5.74, 6) is -1.24. The van der Waals surface area contributed by atoms with Crippen molar-refractivity contribution in [3.8, 4) is 5.69 Å². The number of hydroxylamine groups is 1. The van der Waals surface area contributed by atoms with Gasteiger partial charge >= 0.3 is 6.18 Å². The first-order valence-electron chi connectivity index (χ1n) is 9.81. The molecule has 0 bridgehead atoms. The number of aromatic nitrogens is 2. The zero-order valence-corrected chi connectivity index (χ0v) is 21.4. The van der Waals surface area contributed by atoms with E-state index in [1.54, 1.807) is 23.7 Å². The summed E-state index contributed by atoms with van der Waals surface area (Å²) in [4.78, 5) is -0.0777. The normalized spacial score (nSPS) is 12.9. The van der Waals surface area contributed by atoms with Gasteiger partial charge in [0.1, 0.15) is 11.9 Å². The minimum Gasteiger partial charge on any atom is -0.611 e. The molecule has 0 saturated carbocycles. The Morgan fingerprint density at radius 3 is 2.31 bits per heavy atom. The van der Waals surface area contributed by atoms with Crippen LogP contribution in [-0.2, 0) is 27.2 Å². The van der Waals surface area contributed by atoms with Gasteiger partial charge in [-0.1, -0.05) is 41.4 Å². The molecule has 2 aromatic carbocycles. The van der Waals surface area contributed by atoms with Gasteiger partial charge < -0.3 is 9.87 Å². The summed E-state index contributed by atoms with van der Waals surface area (Å²) in [6.45, 7) is -0.248. The third kappa shape index (κ3) is 5.90. The van der Waals surface area contributed by atoms with Crippen molar-refractivity contribution in [2.24, 2.45) is 0 Å². The van der Waals surface area contributed by atoms with Crippen LogP contribution in [0.2, 0.25) is 10.0 Å². The van der Waals surface area contributed by atoms with Crippen LogP contribution < -0.4 is 10.8 Å². The van der Waals surface area contributed by atoms with Crippen molar-refractivity contribution in [3.63, 3.8) is 0 Å². The number of nitrogens with one attached hydrogen (secondary N) is 3. The Balaban J connectivity index is 2.11. The second-order valence-electron chi connectivity index (χ2n) is 7.22. The zero-order chi connectivity index (χ0) is 26.8. The molecule has 0 aliphatic carbocycles. The van der Waals surface area contributed by atoms with E-state index in [0.717, 1.165) is 4.68 Å². The summed E-state index contributed by atoms with van der Waals surface area (Å²) in [6, 6.07) is 8.84. The first-order chi connectivity index (χ1) is 16.8. The second-order valence-corrected chi connectivity index (χ2v) is 11.5. The van der Waals surface area contributed by atoms with Gasteiger partial charge in [0.15, 0.2) is 27.2 Å². The van der Waals surface area contributed by atoms with Crippen molar-refractivity contribution in [1.29, 1.82) is 5.41 Å². The smallest absolute Gasteiger partial charge is 0.416 e. The van der Waals surface area contributed by atoms with E-state index < -0.39 is 54.4 Å². The first kappa shape index (κ1) is 28.1. The van der Waals surface area contributed by atoms with E-state index in [1.807, 2.05) is 0 Å². The maximum absolute atomic E-state index is 13.2. The summed E-state index contributed by atoms with van der Waals surface area (Å²) >= 11 is 10.4. The van der Waals surface area contributed by atoms with E-state index in [4.69, 9.17) is 28.6 Å². The summed E-state index contributed by atoms with van der Waals surface area (Å²) < 4.78 is 78.4. The lowest BCUT2D eigenvalue weighted by Gasteiger charge is -2.16. The first-order valence-corrected chi connectivity index (χ1v) is 13.8. The van der Waals surface area contributed by atoms with Crippen molar-refractivity contribution < 1.29 is 31.3 Å². The second kappa shape index (κ2) is 10.9. The molecule has 1 heterocycles. The Bertz CT molecular complexity index is 1360. The summed E-state index contributed by atoms with van der Waals surface area (Å²) in [7, 11) is -3.73. The highest BCUT2D eigenvalue weighted by atomic mass is 35.5. The van der Waals surface area contributed by atoms with Crippen molar-refractivity contribution in [1.82, 2.24) is 15.3 Å². The number of rotatable bonds is 8. The maximum atomic E-state index is 13.2. The number of nitrogens with zero attached hydrogens (tertiary/aromatic N) is 2. The average molecular weight is 584 g/mol. The molecule has 0 fully saturated rings. The number of amidine groups is 1. The van der Waals surface area contributed by atoms with E-state index in [-0.39, 0.29) is 33.5 Å². The van der Waals surface area contributed by atoms with Crippen LogP contribution in [0.15, 0.2) is 52.3 Å². The Kier molecular flexibility index (Phi) is 8.48. The topological polar surface area (TPSA) is 143 Å². The minimum atomic E-state index is -4.74. The summed E-state index contributed by atoms with van der Waals surface area (Å²) in [5.41, 5.74) is -0.142. The van der Waals surface area contributed by atoms with Crippen molar-refractivity contribution >= 4 is 55.9 Å². The SMILES string of the molecule is C[S+]([O-])c1c(C(=N)NO)nn(-c2c(Cl)cc(C(F)(F)F)cc2Cl)c1NCCS(=O)(=O)c1ccccc1. The molecule has 1 aromatic heterocycles. The van der Waals surface area contributed by atoms with Crippen molar-refractivity contribution in [3.05, 3.63) is 63.8 Å². The fraction of sp³-hybridized carbons (Fsp3) is 0.200. The molecule has 4 N–H and O–H groups in total. The number of halogens is 5. The van der Waals surface area contributed by atoms with Gasteiger partial charge in [-0.2, -0.15) is 18.3 Å². The lowest BCUT2D eigenvalue weighted by atomic mass is 10.2. The molecule has 3 aromatic rings. The molecular weight excluding hydrogens is 566 g/mol. The van der Waals surface area contributed by atoms with Gasteiger partial charge in [-0.05, 0) is 35.4 Å². The Morgan fingerprint density at radius 2 is 1.81 bits per heavy atom. The third-order valence-electron chi connectivity index (χ3n) is 4.80. The Labute approximate surface area is 216 Å². The third-order valence-corrected chi connectivity index (χ3v) is 8.07. The van der Waals surface area contributed by atoms with Crippen LogP contribution in [0.5, 0.6) is 0 Å². The molecule has 16 heteroatoms. The molecule has 1 unspecified atom stereocenters. The predicted molar refractivity (Wildman–Crippen MR) is 130 cm³/mol. The zero-order valence-electron chi connectivity index (χ0n) is 18.2. The van der Waals surface area contributed by atoms with E-state index in [9.17, 15) is 31.3 Å². The number of anilines is 1. The lowest BCUT2D eigenvalue weighted by molar-refractivity contribution is -0.137. The van der Waals surface area contributed by atoms with Gasteiger partial charge in [0, 0.05) is 6.54 Å². The van der Waals surface area contributed by atoms with E-state index in [0.29, 0.717) is 12.1 Å². The molecule has 36 heavy (non-hydrogen) atoms. The highest BCUT2D eigenvalue weighted by molar-refractivity contribution is 7.91. The van der Waals surface area contributed by atoms with Gasteiger partial charge in [0.2, 0.25) is 4.90 Å². The monoisotopic (exact) mass is 583 g/mol. The number of sulfone groups is 1. The molecule has 0 amide bonds. The average Bonchev–Trinajstić information content (AvgIpc) is 3.17. The predicted octanol–water partition coefficient (Wildman–Crippen LogP) is 4.13. The summed E-state index contributed by atoms with van der Waals surface area (Å²) in [5, 5.41) is 23.0. The highest BCUT2D eigenvalue weighted by Crippen LogP contribution is 2.40. The number of hydrogen-bond donors (Lipinski definition) is 4. The quantitative estimate of drug-likeness (QED) is 0.135. The van der Waals surface area contributed by atoms with Crippen LogP contribution >= 0.6 is 23.2 Å². The molecule has 194 valence electrons. The molecular formula is C20H18Cl2F3N5O4S2. The molecule has 0 saturated heterocycles. The van der Waals surface area contributed by atoms with E-state index in [1.165, 1.54) is 18.4 Å². The molecule has 0 aliphatic heterocycles. The molecule has 0 spiro atoms. The van der Waals surface area contributed by atoms with Crippen LogP contribution in [0.4, 0.5) is 19.0 Å². The molecule has 1 atom stereocenters. The van der Waals surface area contributed by atoms with Gasteiger partial charge in [-0.3, -0.25) is 16.1 Å². The minimum absolute atomic E-state index is 0.0698. The van der Waals surface area contributed by atoms with Crippen molar-refractivity contribution in [2.75, 3.05) is 23.9 Å². The van der Waals surface area contributed by atoms with Crippen molar-refractivity contribution in [2.45, 2.75) is 16.0 Å². The molecule has 0 radical (unpaired) electrons. The number of alkyl halides is 3. The van der Waals surface area contributed by atoms with Crippen LogP contribution in [0.3, 0.4) is 0 Å². The Morgan fingerprint density at radius 1 is 1.22 bits per heavy atom. The fourth-order valence-corrected chi connectivity index (χ4v) is 5.86. The fourth-order valence-electron chi connectivity index (χ4n) is 3.19. The van der Waals surface area contributed by atoms with E-state index >= 15 is 0 Å². The van der Waals surface area contributed by atoms with Gasteiger partial charge in [-0.15, -0.1) is 0 Å². The molecule has 3 rings (SSSR count). The van der Waals surface area contributed by atoms with Crippen LogP contribution in [0.1, 0.15) is 11.3 Å². The van der Waals surface area contributed by atoms with Gasteiger partial charge in [-0.25, -0.2) is 13.1 Å². The van der Waals surface area contributed by atoms with Crippen LogP contribution in [0, 0.1) is 5.41 Å². The number of hydrogen-bond acceptors (Lipinski definition) is 7. The van der Waals surface area contributed by atoms with E-state index in [2.05, 4.69) is 10.4 Å². The molecule has 0 aliphatic rings.